The lowest BCUT2D eigenvalue weighted by Gasteiger charge is -2.10. The molecule has 0 bridgehead atoms. The molecule has 1 aromatic heterocycles. The van der Waals surface area contributed by atoms with E-state index in [1.807, 2.05) is 5.43 Å². The highest BCUT2D eigenvalue weighted by molar-refractivity contribution is 7.05. The molecule has 1 aromatic rings. The van der Waals surface area contributed by atoms with Crippen LogP contribution in [-0.2, 0) is 0 Å². The van der Waals surface area contributed by atoms with E-state index in [4.69, 9.17) is 5.84 Å². The second-order valence-corrected chi connectivity index (χ2v) is 2.76. The molecule has 11 heavy (non-hydrogen) atoms. The number of hydrazine groups is 1. The van der Waals surface area contributed by atoms with Crippen LogP contribution in [0.3, 0.4) is 0 Å². The highest BCUT2D eigenvalue weighted by Crippen LogP contribution is 2.21. The Morgan fingerprint density at radius 3 is 2.73 bits per heavy atom. The summed E-state index contributed by atoms with van der Waals surface area (Å²) >= 11 is 1.01. The Morgan fingerprint density at radius 2 is 2.36 bits per heavy atom. The molecule has 0 aliphatic rings. The van der Waals surface area contributed by atoms with Crippen LogP contribution in [-0.4, -0.2) is 10.8 Å². The zero-order valence-electron chi connectivity index (χ0n) is 5.50. The molecule has 0 aromatic carbocycles. The Kier molecular flexibility index (Phi) is 2.86. The average molecular weight is 179 g/mol. The van der Waals surface area contributed by atoms with Gasteiger partial charge in [0.15, 0.2) is 0 Å². The van der Waals surface area contributed by atoms with Crippen molar-refractivity contribution in [3.8, 4) is 0 Å². The van der Waals surface area contributed by atoms with Crippen LogP contribution in [0.2, 0.25) is 0 Å². The summed E-state index contributed by atoms with van der Waals surface area (Å²) in [6, 6.07) is 0.420. The average Bonchev–Trinajstić information content (AvgIpc) is 2.40. The number of halogens is 2. The minimum Gasteiger partial charge on any atom is -0.271 e. The Hall–Kier alpha value is -0.590. The smallest absolute Gasteiger partial charge is 0.259 e. The summed E-state index contributed by atoms with van der Waals surface area (Å²) in [4.78, 5) is 0.447. The van der Waals surface area contributed by atoms with E-state index >= 15 is 0 Å². The van der Waals surface area contributed by atoms with Gasteiger partial charge >= 0.3 is 0 Å². The van der Waals surface area contributed by atoms with Crippen LogP contribution < -0.4 is 11.3 Å². The van der Waals surface area contributed by atoms with Gasteiger partial charge in [0.1, 0.15) is 6.04 Å². The van der Waals surface area contributed by atoms with E-state index in [1.165, 1.54) is 12.3 Å². The molecule has 3 nitrogen and oxygen atoms in total. The SMILES string of the molecule is NNC(c1ccns1)C(F)F. The molecular weight excluding hydrogens is 172 g/mol. The summed E-state index contributed by atoms with van der Waals surface area (Å²) in [6.07, 6.45) is -1.03. The van der Waals surface area contributed by atoms with Crippen LogP contribution in [0, 0.1) is 0 Å². The van der Waals surface area contributed by atoms with Crippen molar-refractivity contribution < 1.29 is 8.78 Å². The molecule has 0 fully saturated rings. The summed E-state index contributed by atoms with van der Waals surface area (Å²) < 4.78 is 27.9. The van der Waals surface area contributed by atoms with Crippen LogP contribution >= 0.6 is 11.5 Å². The van der Waals surface area contributed by atoms with E-state index in [1.54, 1.807) is 0 Å². The van der Waals surface area contributed by atoms with Crippen molar-refractivity contribution in [2.24, 2.45) is 5.84 Å². The number of alkyl halides is 2. The van der Waals surface area contributed by atoms with Gasteiger partial charge in [-0.3, -0.25) is 5.84 Å². The van der Waals surface area contributed by atoms with Gasteiger partial charge in [-0.2, -0.15) is 0 Å². The summed E-state index contributed by atoms with van der Waals surface area (Å²) in [5.74, 6) is 4.91. The van der Waals surface area contributed by atoms with E-state index in [2.05, 4.69) is 4.37 Å². The lowest BCUT2D eigenvalue weighted by Crippen LogP contribution is -2.32. The standard InChI is InChI=1S/C5H7F2N3S/c6-5(7)4(10-8)3-1-2-9-11-3/h1-2,4-5,10H,8H2. The van der Waals surface area contributed by atoms with E-state index in [9.17, 15) is 8.78 Å². The molecule has 0 saturated heterocycles. The van der Waals surface area contributed by atoms with E-state index in [0.717, 1.165) is 11.5 Å². The van der Waals surface area contributed by atoms with Gasteiger partial charge in [-0.05, 0) is 17.6 Å². The van der Waals surface area contributed by atoms with Gasteiger partial charge in [-0.1, -0.05) is 0 Å². The first-order valence-corrected chi connectivity index (χ1v) is 3.68. The Bertz CT molecular complexity index is 202. The number of hydrogen-bond acceptors (Lipinski definition) is 4. The van der Waals surface area contributed by atoms with Gasteiger partial charge in [0.2, 0.25) is 0 Å². The van der Waals surface area contributed by atoms with E-state index < -0.39 is 12.5 Å². The Morgan fingerprint density at radius 1 is 1.64 bits per heavy atom. The number of nitrogens with zero attached hydrogens (tertiary/aromatic N) is 1. The van der Waals surface area contributed by atoms with Gasteiger partial charge in [-0.25, -0.2) is 18.6 Å². The third kappa shape index (κ3) is 1.92. The van der Waals surface area contributed by atoms with E-state index in [-0.39, 0.29) is 0 Å². The number of rotatable bonds is 3. The highest BCUT2D eigenvalue weighted by atomic mass is 32.1. The van der Waals surface area contributed by atoms with E-state index in [0.29, 0.717) is 4.88 Å². The zero-order valence-corrected chi connectivity index (χ0v) is 6.31. The predicted octanol–water partition coefficient (Wildman–Crippen LogP) is 0.913. The van der Waals surface area contributed by atoms with Crippen molar-refractivity contribution in [2.45, 2.75) is 12.5 Å². The summed E-state index contributed by atoms with van der Waals surface area (Å²) in [6.45, 7) is 0. The molecule has 0 amide bonds. The molecule has 62 valence electrons. The fourth-order valence-corrected chi connectivity index (χ4v) is 1.31. The van der Waals surface area contributed by atoms with Crippen LogP contribution in [0.4, 0.5) is 8.78 Å². The molecule has 0 radical (unpaired) electrons. The molecule has 1 heterocycles. The Balaban J connectivity index is 2.71. The van der Waals surface area contributed by atoms with Gasteiger partial charge in [0, 0.05) is 11.1 Å². The largest absolute Gasteiger partial charge is 0.271 e. The van der Waals surface area contributed by atoms with Gasteiger partial charge in [-0.15, -0.1) is 0 Å². The van der Waals surface area contributed by atoms with Crippen molar-refractivity contribution in [2.75, 3.05) is 0 Å². The second kappa shape index (κ2) is 3.70. The number of hydrogen-bond donors (Lipinski definition) is 2. The Labute approximate surface area is 66.4 Å². The number of nitrogens with one attached hydrogen (secondary N) is 1. The fraction of sp³-hybridized carbons (Fsp3) is 0.400. The zero-order chi connectivity index (χ0) is 8.27. The highest BCUT2D eigenvalue weighted by Gasteiger charge is 2.21. The summed E-state index contributed by atoms with van der Waals surface area (Å²) in [5, 5.41) is 0. The third-order valence-corrected chi connectivity index (χ3v) is 2.02. The fourth-order valence-electron chi connectivity index (χ4n) is 0.665. The van der Waals surface area contributed by atoms with Crippen molar-refractivity contribution in [1.29, 1.82) is 0 Å². The van der Waals surface area contributed by atoms with Crippen LogP contribution in [0.1, 0.15) is 10.9 Å². The first kappa shape index (κ1) is 8.51. The van der Waals surface area contributed by atoms with Crippen LogP contribution in [0.5, 0.6) is 0 Å². The molecule has 0 aliphatic heterocycles. The minimum absolute atomic E-state index is 0.447. The normalized spacial score (nSPS) is 13.8. The maximum atomic E-state index is 12.1. The van der Waals surface area contributed by atoms with Crippen LogP contribution in [0.25, 0.3) is 0 Å². The van der Waals surface area contributed by atoms with Crippen molar-refractivity contribution in [3.05, 3.63) is 17.1 Å². The molecule has 0 saturated carbocycles. The molecule has 6 heteroatoms. The molecule has 3 N–H and O–H groups in total. The molecule has 1 unspecified atom stereocenters. The quantitative estimate of drug-likeness (QED) is 0.535. The van der Waals surface area contributed by atoms with Crippen LogP contribution in [0.15, 0.2) is 12.3 Å². The van der Waals surface area contributed by atoms with Gasteiger partial charge in [0.05, 0.1) is 0 Å². The number of aromatic nitrogens is 1. The maximum Gasteiger partial charge on any atom is 0.259 e. The van der Waals surface area contributed by atoms with Crippen molar-refractivity contribution in [1.82, 2.24) is 9.80 Å². The van der Waals surface area contributed by atoms with Crippen molar-refractivity contribution in [3.63, 3.8) is 0 Å². The molecule has 1 rings (SSSR count). The molecule has 1 atom stereocenters. The second-order valence-electron chi connectivity index (χ2n) is 1.89. The lowest BCUT2D eigenvalue weighted by molar-refractivity contribution is 0.100. The predicted molar refractivity (Wildman–Crippen MR) is 38.2 cm³/mol. The monoisotopic (exact) mass is 179 g/mol. The summed E-state index contributed by atoms with van der Waals surface area (Å²) in [7, 11) is 0. The topological polar surface area (TPSA) is 50.9 Å². The van der Waals surface area contributed by atoms with Gasteiger partial charge < -0.3 is 0 Å². The van der Waals surface area contributed by atoms with Gasteiger partial charge in [0.25, 0.3) is 6.43 Å². The molecule has 0 aliphatic carbocycles. The number of nitrogens with two attached hydrogens (primary N) is 1. The maximum absolute atomic E-state index is 12.1. The molecule has 0 spiro atoms. The molecular formula is C5H7F2N3S. The first-order chi connectivity index (χ1) is 5.25. The minimum atomic E-state index is -2.50. The first-order valence-electron chi connectivity index (χ1n) is 2.90. The lowest BCUT2D eigenvalue weighted by atomic mass is 10.3. The van der Waals surface area contributed by atoms with Crippen molar-refractivity contribution >= 4 is 11.5 Å². The third-order valence-electron chi connectivity index (χ3n) is 1.20. The summed E-state index contributed by atoms with van der Waals surface area (Å²) in [5.41, 5.74) is 2.02.